The van der Waals surface area contributed by atoms with Gasteiger partial charge in [-0.15, -0.1) is 0 Å². The fraction of sp³-hybridized carbons (Fsp3) is 0.421. The molecule has 1 N–H and O–H groups in total. The van der Waals surface area contributed by atoms with Gasteiger partial charge in [-0.1, -0.05) is 44.9 Å². The first kappa shape index (κ1) is 18.7. The van der Waals surface area contributed by atoms with E-state index in [4.69, 9.17) is 0 Å². The smallest absolute Gasteiger partial charge is 0.225 e. The molecular weight excluding hydrogens is 318 g/mol. The molecule has 1 aromatic heterocycles. The predicted octanol–water partition coefficient (Wildman–Crippen LogP) is 2.39. The van der Waals surface area contributed by atoms with Crippen molar-refractivity contribution < 1.29 is 14.7 Å². The van der Waals surface area contributed by atoms with E-state index >= 15 is 0 Å². The van der Waals surface area contributed by atoms with Gasteiger partial charge in [0.2, 0.25) is 5.91 Å². The molecule has 2 aromatic rings. The first-order valence-corrected chi connectivity index (χ1v) is 8.63. The van der Waals surface area contributed by atoms with Crippen molar-refractivity contribution in [3.63, 3.8) is 0 Å². The van der Waals surface area contributed by atoms with Crippen molar-refractivity contribution in [1.82, 2.24) is 9.78 Å². The summed E-state index contributed by atoms with van der Waals surface area (Å²) in [5.41, 5.74) is 0.896. The Morgan fingerprint density at radius 1 is 1.24 bits per heavy atom. The largest absolute Gasteiger partial charge is 0.550 e. The van der Waals surface area contributed by atoms with Gasteiger partial charge in [0.15, 0.2) is 5.82 Å². The number of nitrogens with zero attached hydrogens (tertiary/aromatic N) is 2. The number of carbonyl (C=O) groups is 2. The topological polar surface area (TPSA) is 87.0 Å². The number of hydrogen-bond acceptors (Lipinski definition) is 4. The van der Waals surface area contributed by atoms with Gasteiger partial charge in [0.05, 0.1) is 5.69 Å². The molecular formula is C19H24N3O3-. The molecule has 1 amide bonds. The second-order valence-corrected chi connectivity index (χ2v) is 6.28. The fourth-order valence-electron chi connectivity index (χ4n) is 2.80. The number of aromatic nitrogens is 2. The minimum atomic E-state index is -1.08. The van der Waals surface area contributed by atoms with Gasteiger partial charge >= 0.3 is 0 Å². The van der Waals surface area contributed by atoms with E-state index in [2.05, 4.69) is 10.4 Å². The number of para-hydroxylation sites is 1. The fourth-order valence-corrected chi connectivity index (χ4v) is 2.80. The third-order valence-electron chi connectivity index (χ3n) is 4.24. The van der Waals surface area contributed by atoms with Gasteiger partial charge in [0.25, 0.3) is 0 Å². The van der Waals surface area contributed by atoms with Gasteiger partial charge in [-0.25, -0.2) is 4.68 Å². The minimum Gasteiger partial charge on any atom is -0.550 e. The van der Waals surface area contributed by atoms with Crippen LogP contribution < -0.4 is 10.4 Å². The van der Waals surface area contributed by atoms with Crippen LogP contribution in [-0.2, 0) is 9.59 Å². The molecule has 1 heterocycles. The Hall–Kier alpha value is -2.63. The number of carbonyl (C=O) groups excluding carboxylic acids is 2. The van der Waals surface area contributed by atoms with Crippen LogP contribution in [0.15, 0.2) is 42.6 Å². The number of nitrogens with one attached hydrogen (secondary N) is 1. The summed E-state index contributed by atoms with van der Waals surface area (Å²) in [4.78, 5) is 23.5. The van der Waals surface area contributed by atoms with E-state index < -0.39 is 11.9 Å². The van der Waals surface area contributed by atoms with Crippen LogP contribution >= 0.6 is 0 Å². The van der Waals surface area contributed by atoms with Crippen molar-refractivity contribution in [2.24, 2.45) is 11.8 Å². The summed E-state index contributed by atoms with van der Waals surface area (Å²) in [6.45, 7) is 3.78. The summed E-state index contributed by atoms with van der Waals surface area (Å²) in [6, 6.07) is 11.3. The van der Waals surface area contributed by atoms with Crippen LogP contribution in [0.5, 0.6) is 0 Å². The Balaban J connectivity index is 1.93. The maximum Gasteiger partial charge on any atom is 0.225 e. The first-order valence-electron chi connectivity index (χ1n) is 8.63. The maximum absolute atomic E-state index is 12.2. The maximum atomic E-state index is 12.2. The standard InChI is InChI=1S/C19H25N3O3/c1-3-4-10-16(19(24)25)14(2)13-18(23)20-17-11-12-22(21-17)15-8-6-5-7-9-15/h5-9,11-12,14,16H,3-4,10,13H2,1-2H3,(H,24,25)(H,20,21,23)/p-1/t14-,16+/m0/s1. The van der Waals surface area contributed by atoms with Crippen LogP contribution in [0, 0.1) is 11.8 Å². The zero-order chi connectivity index (χ0) is 18.2. The molecule has 0 unspecified atom stereocenters. The summed E-state index contributed by atoms with van der Waals surface area (Å²) in [5, 5.41) is 18.3. The van der Waals surface area contributed by atoms with Gasteiger partial charge < -0.3 is 15.2 Å². The molecule has 0 fully saturated rings. The van der Waals surface area contributed by atoms with Gasteiger partial charge in [0, 0.05) is 30.6 Å². The molecule has 2 atom stereocenters. The molecule has 0 saturated carbocycles. The number of amides is 1. The Morgan fingerprint density at radius 2 is 1.96 bits per heavy atom. The molecule has 134 valence electrons. The van der Waals surface area contributed by atoms with Crippen LogP contribution in [-0.4, -0.2) is 21.7 Å². The van der Waals surface area contributed by atoms with Crippen molar-refractivity contribution in [1.29, 1.82) is 0 Å². The molecule has 0 saturated heterocycles. The monoisotopic (exact) mass is 342 g/mol. The van der Waals surface area contributed by atoms with Crippen molar-refractivity contribution >= 4 is 17.7 Å². The number of unbranched alkanes of at least 4 members (excludes halogenated alkanes) is 1. The molecule has 0 aliphatic carbocycles. The number of rotatable bonds is 9. The molecule has 0 radical (unpaired) electrons. The van der Waals surface area contributed by atoms with Crippen LogP contribution in [0.3, 0.4) is 0 Å². The molecule has 0 spiro atoms. The number of anilines is 1. The summed E-state index contributed by atoms with van der Waals surface area (Å²) in [6.07, 6.45) is 4.15. The number of carboxylic acids is 1. The highest BCUT2D eigenvalue weighted by Gasteiger charge is 2.21. The molecule has 25 heavy (non-hydrogen) atoms. The molecule has 2 rings (SSSR count). The third-order valence-corrected chi connectivity index (χ3v) is 4.24. The second kappa shape index (κ2) is 9.01. The predicted molar refractivity (Wildman–Crippen MR) is 94.0 cm³/mol. The minimum absolute atomic E-state index is 0.126. The molecule has 1 aromatic carbocycles. The second-order valence-electron chi connectivity index (χ2n) is 6.28. The highest BCUT2D eigenvalue weighted by atomic mass is 16.4. The highest BCUT2D eigenvalue weighted by Crippen LogP contribution is 2.22. The Morgan fingerprint density at radius 3 is 2.60 bits per heavy atom. The van der Waals surface area contributed by atoms with Gasteiger partial charge in [-0.3, -0.25) is 4.79 Å². The first-order chi connectivity index (χ1) is 12.0. The third kappa shape index (κ3) is 5.45. The van der Waals surface area contributed by atoms with E-state index in [-0.39, 0.29) is 18.2 Å². The van der Waals surface area contributed by atoms with E-state index in [0.29, 0.717) is 12.2 Å². The number of aliphatic carboxylic acids is 1. The van der Waals surface area contributed by atoms with E-state index in [1.165, 1.54) is 0 Å². The average Bonchev–Trinajstić information content (AvgIpc) is 3.04. The Labute approximate surface area is 147 Å². The zero-order valence-corrected chi connectivity index (χ0v) is 14.6. The lowest BCUT2D eigenvalue weighted by Gasteiger charge is -2.24. The van der Waals surface area contributed by atoms with Crippen LogP contribution in [0.25, 0.3) is 5.69 Å². The number of hydrogen-bond donors (Lipinski definition) is 1. The SMILES string of the molecule is CCCC[C@@H](C(=O)[O-])[C@@H](C)CC(=O)Nc1ccn(-c2ccccc2)n1. The normalized spacial score (nSPS) is 13.2. The lowest BCUT2D eigenvalue weighted by atomic mass is 9.87. The lowest BCUT2D eigenvalue weighted by molar-refractivity contribution is -0.313. The Bertz CT molecular complexity index is 697. The van der Waals surface area contributed by atoms with E-state index in [0.717, 1.165) is 18.5 Å². The van der Waals surface area contributed by atoms with Crippen LogP contribution in [0.4, 0.5) is 5.82 Å². The highest BCUT2D eigenvalue weighted by molar-refractivity contribution is 5.90. The van der Waals surface area contributed by atoms with Crippen LogP contribution in [0.2, 0.25) is 0 Å². The van der Waals surface area contributed by atoms with Crippen molar-refractivity contribution in [3.05, 3.63) is 42.6 Å². The van der Waals surface area contributed by atoms with Gasteiger partial charge in [-0.05, 0) is 24.5 Å². The summed E-state index contributed by atoms with van der Waals surface area (Å²) in [5.74, 6) is -1.77. The Kier molecular flexibility index (Phi) is 6.74. The molecule has 0 bridgehead atoms. The van der Waals surface area contributed by atoms with E-state index in [9.17, 15) is 14.7 Å². The summed E-state index contributed by atoms with van der Waals surface area (Å²) in [7, 11) is 0. The van der Waals surface area contributed by atoms with Crippen LogP contribution in [0.1, 0.15) is 39.5 Å². The quantitative estimate of drug-likeness (QED) is 0.758. The van der Waals surface area contributed by atoms with Crippen molar-refractivity contribution in [2.75, 3.05) is 5.32 Å². The van der Waals surface area contributed by atoms with Crippen molar-refractivity contribution in [3.8, 4) is 5.69 Å². The summed E-state index contributed by atoms with van der Waals surface area (Å²) >= 11 is 0. The van der Waals surface area contributed by atoms with Gasteiger partial charge in [0.1, 0.15) is 0 Å². The molecule has 6 heteroatoms. The molecule has 0 aliphatic heterocycles. The van der Waals surface area contributed by atoms with Crippen molar-refractivity contribution in [2.45, 2.75) is 39.5 Å². The van der Waals surface area contributed by atoms with E-state index in [1.807, 2.05) is 37.3 Å². The summed E-state index contributed by atoms with van der Waals surface area (Å²) < 4.78 is 1.67. The lowest BCUT2D eigenvalue weighted by Crippen LogP contribution is -2.36. The number of carboxylic acid groups (broad SMARTS) is 1. The average molecular weight is 342 g/mol. The van der Waals surface area contributed by atoms with Gasteiger partial charge in [-0.2, -0.15) is 5.10 Å². The zero-order valence-electron chi connectivity index (χ0n) is 14.6. The van der Waals surface area contributed by atoms with E-state index in [1.54, 1.807) is 23.9 Å². The molecule has 0 aliphatic rings. The molecule has 6 nitrogen and oxygen atoms in total. The number of benzene rings is 1.